The fraction of sp³-hybridized carbons (Fsp3) is 0.652. The normalized spacial score (nSPS) is 22.2. The molecule has 1 N–H and O–H groups in total. The van der Waals surface area contributed by atoms with E-state index in [1.807, 2.05) is 0 Å². The molecular weight excluding hydrogens is 382 g/mol. The highest BCUT2D eigenvalue weighted by Crippen LogP contribution is 2.36. The van der Waals surface area contributed by atoms with Gasteiger partial charge in [-0.2, -0.15) is 0 Å². The van der Waals surface area contributed by atoms with Gasteiger partial charge in [-0.1, -0.05) is 19.8 Å². The molecule has 0 saturated carbocycles. The first-order valence-corrected chi connectivity index (χ1v) is 11.1. The van der Waals surface area contributed by atoms with Crippen LogP contribution in [0.4, 0.5) is 5.69 Å². The van der Waals surface area contributed by atoms with Crippen molar-refractivity contribution >= 4 is 17.5 Å². The Bertz CT molecular complexity index is 739. The molecule has 2 unspecified atom stereocenters. The third-order valence-corrected chi connectivity index (χ3v) is 6.23. The van der Waals surface area contributed by atoms with Gasteiger partial charge in [-0.15, -0.1) is 0 Å². The zero-order valence-electron chi connectivity index (χ0n) is 18.5. The fourth-order valence-electron chi connectivity index (χ4n) is 4.43. The van der Waals surface area contributed by atoms with Crippen LogP contribution in [-0.2, 0) is 9.59 Å². The van der Waals surface area contributed by atoms with Crippen LogP contribution < -0.4 is 19.7 Å². The van der Waals surface area contributed by atoms with Gasteiger partial charge in [-0.3, -0.25) is 14.5 Å². The van der Waals surface area contributed by atoms with Gasteiger partial charge in [0, 0.05) is 31.6 Å². The molecule has 2 aliphatic rings. The molecule has 7 nitrogen and oxygen atoms in total. The molecule has 1 aromatic rings. The molecule has 30 heavy (non-hydrogen) atoms. The minimum absolute atomic E-state index is 0.0336. The number of carbonyl (C=O) groups excluding carboxylic acids is 2. The lowest BCUT2D eigenvalue weighted by Gasteiger charge is -2.36. The summed E-state index contributed by atoms with van der Waals surface area (Å²) in [6.07, 6.45) is 6.18. The van der Waals surface area contributed by atoms with Gasteiger partial charge in [-0.25, -0.2) is 0 Å². The Morgan fingerprint density at radius 2 is 2.07 bits per heavy atom. The lowest BCUT2D eigenvalue weighted by Crippen LogP contribution is -2.48. The van der Waals surface area contributed by atoms with Crippen LogP contribution in [0.1, 0.15) is 45.4 Å². The van der Waals surface area contributed by atoms with E-state index in [1.165, 1.54) is 25.7 Å². The van der Waals surface area contributed by atoms with E-state index in [0.717, 1.165) is 19.5 Å². The van der Waals surface area contributed by atoms with Crippen molar-refractivity contribution in [3.63, 3.8) is 0 Å². The molecular formula is C23H35N3O4. The number of ether oxygens (including phenoxy) is 2. The van der Waals surface area contributed by atoms with Gasteiger partial charge in [0.2, 0.25) is 11.8 Å². The first-order valence-electron chi connectivity index (χ1n) is 11.1. The highest BCUT2D eigenvalue weighted by Gasteiger charge is 2.37. The Hall–Kier alpha value is -2.28. The molecule has 0 aromatic heterocycles. The standard InChI is InChI=1S/C23H35N3O4/c1-4-5-11-25-12-7-6-8-18(25)15-24-23(28)17-13-22(27)26(16-17)20-14-19(29-2)9-10-21(20)30-3/h9-10,14,17-18H,4-8,11-13,15-16H2,1-3H3,(H,24,28). The quantitative estimate of drug-likeness (QED) is 0.669. The second kappa shape index (κ2) is 10.7. The number of piperidine rings is 1. The van der Waals surface area contributed by atoms with Gasteiger partial charge in [0.15, 0.2) is 0 Å². The molecule has 2 aliphatic heterocycles. The summed E-state index contributed by atoms with van der Waals surface area (Å²) in [7, 11) is 3.16. The number of amides is 2. The van der Waals surface area contributed by atoms with Crippen molar-refractivity contribution in [1.29, 1.82) is 0 Å². The summed E-state index contributed by atoms with van der Waals surface area (Å²) in [5, 5.41) is 3.13. The summed E-state index contributed by atoms with van der Waals surface area (Å²) < 4.78 is 10.7. The monoisotopic (exact) mass is 417 g/mol. The number of methoxy groups -OCH3 is 2. The number of nitrogens with zero attached hydrogens (tertiary/aromatic N) is 2. The van der Waals surface area contributed by atoms with Crippen molar-refractivity contribution in [2.45, 2.75) is 51.5 Å². The summed E-state index contributed by atoms with van der Waals surface area (Å²) in [6, 6.07) is 5.76. The summed E-state index contributed by atoms with van der Waals surface area (Å²) in [6.45, 7) is 5.45. The lowest BCUT2D eigenvalue weighted by molar-refractivity contribution is -0.126. The Morgan fingerprint density at radius 3 is 2.80 bits per heavy atom. The molecule has 7 heteroatoms. The van der Waals surface area contributed by atoms with E-state index in [0.29, 0.717) is 36.3 Å². The number of anilines is 1. The molecule has 1 aromatic carbocycles. The number of unbranched alkanes of at least 4 members (excludes halogenated alkanes) is 1. The number of hydrogen-bond acceptors (Lipinski definition) is 5. The van der Waals surface area contributed by atoms with Crippen LogP contribution in [0.5, 0.6) is 11.5 Å². The van der Waals surface area contributed by atoms with E-state index in [1.54, 1.807) is 37.3 Å². The Balaban J connectivity index is 1.60. The average molecular weight is 418 g/mol. The number of benzene rings is 1. The molecule has 0 spiro atoms. The topological polar surface area (TPSA) is 71.1 Å². The predicted octanol–water partition coefficient (Wildman–Crippen LogP) is 2.83. The number of hydrogen-bond donors (Lipinski definition) is 1. The Kier molecular flexibility index (Phi) is 7.96. The molecule has 2 fully saturated rings. The number of rotatable bonds is 9. The van der Waals surface area contributed by atoms with E-state index >= 15 is 0 Å². The minimum atomic E-state index is -0.346. The van der Waals surface area contributed by atoms with Crippen LogP contribution in [0.3, 0.4) is 0 Å². The SMILES string of the molecule is CCCCN1CCCCC1CNC(=O)C1CC(=O)N(c2cc(OC)ccc2OC)C1. The maximum Gasteiger partial charge on any atom is 0.227 e. The highest BCUT2D eigenvalue weighted by molar-refractivity contribution is 6.01. The van der Waals surface area contributed by atoms with Gasteiger partial charge < -0.3 is 19.7 Å². The van der Waals surface area contributed by atoms with Crippen molar-refractivity contribution in [3.8, 4) is 11.5 Å². The third kappa shape index (κ3) is 5.25. The van der Waals surface area contributed by atoms with Crippen molar-refractivity contribution in [3.05, 3.63) is 18.2 Å². The minimum Gasteiger partial charge on any atom is -0.497 e. The molecule has 0 bridgehead atoms. The largest absolute Gasteiger partial charge is 0.497 e. The first-order chi connectivity index (χ1) is 14.6. The van der Waals surface area contributed by atoms with Gasteiger partial charge in [0.25, 0.3) is 0 Å². The van der Waals surface area contributed by atoms with Crippen LogP contribution in [0, 0.1) is 5.92 Å². The van der Waals surface area contributed by atoms with Gasteiger partial charge in [0.05, 0.1) is 25.8 Å². The first kappa shape index (κ1) is 22.4. The molecule has 2 saturated heterocycles. The second-order valence-corrected chi connectivity index (χ2v) is 8.23. The molecule has 2 amide bonds. The van der Waals surface area contributed by atoms with Crippen LogP contribution in [0.25, 0.3) is 0 Å². The summed E-state index contributed by atoms with van der Waals surface area (Å²) in [5.41, 5.74) is 0.648. The van der Waals surface area contributed by atoms with E-state index in [4.69, 9.17) is 9.47 Å². The fourth-order valence-corrected chi connectivity index (χ4v) is 4.43. The second-order valence-electron chi connectivity index (χ2n) is 8.23. The van der Waals surface area contributed by atoms with Crippen LogP contribution in [-0.4, -0.2) is 63.2 Å². The smallest absolute Gasteiger partial charge is 0.227 e. The van der Waals surface area contributed by atoms with Crippen molar-refractivity contribution in [2.75, 3.05) is 45.3 Å². The Labute approximate surface area is 179 Å². The molecule has 2 atom stereocenters. The number of likely N-dealkylation sites (tertiary alicyclic amines) is 1. The van der Waals surface area contributed by atoms with Crippen LogP contribution in [0.15, 0.2) is 18.2 Å². The molecule has 0 radical (unpaired) electrons. The molecule has 2 heterocycles. The predicted molar refractivity (Wildman–Crippen MR) is 117 cm³/mol. The molecule has 3 rings (SSSR count). The van der Waals surface area contributed by atoms with Crippen molar-refractivity contribution in [1.82, 2.24) is 10.2 Å². The van der Waals surface area contributed by atoms with Crippen molar-refractivity contribution in [2.24, 2.45) is 5.92 Å². The Morgan fingerprint density at radius 1 is 1.23 bits per heavy atom. The molecule has 0 aliphatic carbocycles. The number of nitrogens with one attached hydrogen (secondary N) is 1. The van der Waals surface area contributed by atoms with Crippen LogP contribution in [0.2, 0.25) is 0 Å². The van der Waals surface area contributed by atoms with Crippen LogP contribution >= 0.6 is 0 Å². The van der Waals surface area contributed by atoms with E-state index < -0.39 is 0 Å². The zero-order valence-corrected chi connectivity index (χ0v) is 18.5. The number of carbonyl (C=O) groups is 2. The highest BCUT2D eigenvalue weighted by atomic mass is 16.5. The van der Waals surface area contributed by atoms with Gasteiger partial charge in [0.1, 0.15) is 11.5 Å². The summed E-state index contributed by atoms with van der Waals surface area (Å²) in [5.74, 6) is 0.800. The average Bonchev–Trinajstić information content (AvgIpc) is 3.17. The van der Waals surface area contributed by atoms with E-state index in [-0.39, 0.29) is 24.2 Å². The van der Waals surface area contributed by atoms with Crippen molar-refractivity contribution < 1.29 is 19.1 Å². The summed E-state index contributed by atoms with van der Waals surface area (Å²) >= 11 is 0. The lowest BCUT2D eigenvalue weighted by atomic mass is 10.0. The van der Waals surface area contributed by atoms with Gasteiger partial charge in [-0.05, 0) is 44.5 Å². The molecule has 166 valence electrons. The summed E-state index contributed by atoms with van der Waals surface area (Å²) in [4.78, 5) is 29.7. The maximum atomic E-state index is 12.8. The zero-order chi connectivity index (χ0) is 21.5. The maximum absolute atomic E-state index is 12.8. The van der Waals surface area contributed by atoms with E-state index in [2.05, 4.69) is 17.1 Å². The van der Waals surface area contributed by atoms with E-state index in [9.17, 15) is 9.59 Å². The third-order valence-electron chi connectivity index (χ3n) is 6.23. The van der Waals surface area contributed by atoms with Gasteiger partial charge >= 0.3 is 0 Å².